The monoisotopic (exact) mass is 350 g/mol. The minimum Gasteiger partial charge on any atom is -0.464 e. The molecule has 0 aromatic carbocycles. The number of hydrogen-bond acceptors (Lipinski definition) is 4. The summed E-state index contributed by atoms with van der Waals surface area (Å²) in [5.41, 5.74) is 4.17. The molecule has 0 fully saturated rings. The third-order valence-electron chi connectivity index (χ3n) is 5.48. The fourth-order valence-electron chi connectivity index (χ4n) is 3.82. The van der Waals surface area contributed by atoms with Crippen LogP contribution < -0.4 is 0 Å². The summed E-state index contributed by atoms with van der Waals surface area (Å²) in [6.45, 7) is 9.19. The van der Waals surface area contributed by atoms with Gasteiger partial charge in [0.1, 0.15) is 5.69 Å². The molecule has 0 bridgehead atoms. The summed E-state index contributed by atoms with van der Waals surface area (Å²) in [5.74, 6) is 6.34. The molecule has 1 heterocycles. The second-order valence-corrected chi connectivity index (χ2v) is 8.22. The van der Waals surface area contributed by atoms with E-state index in [9.17, 15) is 4.79 Å². The van der Waals surface area contributed by atoms with Gasteiger partial charge in [-0.15, -0.1) is 0 Å². The molecule has 2 aliphatic carbocycles. The molecule has 2 aliphatic rings. The molecule has 1 atom stereocenters. The van der Waals surface area contributed by atoms with Crippen molar-refractivity contribution in [2.45, 2.75) is 47.0 Å². The van der Waals surface area contributed by atoms with Crippen molar-refractivity contribution >= 4 is 5.97 Å². The first-order valence-electron chi connectivity index (χ1n) is 9.08. The van der Waals surface area contributed by atoms with Crippen LogP contribution in [-0.2, 0) is 4.74 Å². The van der Waals surface area contributed by atoms with Crippen LogP contribution in [0, 0.1) is 28.6 Å². The molecule has 4 heteroatoms. The van der Waals surface area contributed by atoms with Crippen LogP contribution in [0.3, 0.4) is 0 Å². The summed E-state index contributed by atoms with van der Waals surface area (Å²) >= 11 is 0. The van der Waals surface area contributed by atoms with Gasteiger partial charge in [0, 0.05) is 16.7 Å². The Morgan fingerprint density at radius 1 is 1.12 bits per heavy atom. The number of rotatable bonds is 1. The molecule has 0 aliphatic heterocycles. The fourth-order valence-corrected chi connectivity index (χ4v) is 3.82. The van der Waals surface area contributed by atoms with Crippen molar-refractivity contribution in [3.8, 4) is 11.8 Å². The van der Waals surface area contributed by atoms with Gasteiger partial charge in [0.2, 0.25) is 0 Å². The predicted molar refractivity (Wildman–Crippen MR) is 101 cm³/mol. The number of methoxy groups -OCH3 is 1. The molecule has 0 saturated heterocycles. The lowest BCUT2D eigenvalue weighted by molar-refractivity contribution is 0.0593. The normalized spacial score (nSPS) is 22.9. The lowest BCUT2D eigenvalue weighted by Crippen LogP contribution is -2.30. The number of carbonyl (C=O) groups excluding carboxylic acids is 1. The lowest BCUT2D eigenvalue weighted by atomic mass is 9.62. The first kappa shape index (κ1) is 18.4. The smallest absolute Gasteiger partial charge is 0.358 e. The van der Waals surface area contributed by atoms with E-state index >= 15 is 0 Å². The van der Waals surface area contributed by atoms with Crippen molar-refractivity contribution in [2.24, 2.45) is 16.7 Å². The summed E-state index contributed by atoms with van der Waals surface area (Å²) < 4.78 is 4.63. The highest BCUT2D eigenvalue weighted by atomic mass is 16.5. The Hall–Kier alpha value is -2.41. The average Bonchev–Trinajstić information content (AvgIpc) is 2.63. The molecule has 26 heavy (non-hydrogen) atoms. The second kappa shape index (κ2) is 6.72. The van der Waals surface area contributed by atoms with E-state index in [-0.39, 0.29) is 16.5 Å². The molecule has 0 radical (unpaired) electrons. The molecule has 0 spiro atoms. The van der Waals surface area contributed by atoms with Crippen molar-refractivity contribution in [3.05, 3.63) is 47.1 Å². The number of aromatic nitrogens is 2. The summed E-state index contributed by atoms with van der Waals surface area (Å²) in [4.78, 5) is 19.7. The van der Waals surface area contributed by atoms with E-state index in [1.54, 1.807) is 11.1 Å². The quantitative estimate of drug-likeness (QED) is 0.430. The van der Waals surface area contributed by atoms with Crippen LogP contribution in [0.1, 0.15) is 63.1 Å². The van der Waals surface area contributed by atoms with Gasteiger partial charge in [-0.05, 0) is 25.2 Å². The SMILES string of the molecule is COC(=O)c1cnc(C#CC2CCC3=C(C2)C(C)(C)C=CC3(C)C)cn1. The predicted octanol–water partition coefficient (Wildman–Crippen LogP) is 4.33. The maximum Gasteiger partial charge on any atom is 0.358 e. The zero-order valence-corrected chi connectivity index (χ0v) is 16.2. The number of nitrogens with zero attached hydrogens (tertiary/aromatic N) is 2. The number of allylic oxidation sites excluding steroid dienone is 4. The topological polar surface area (TPSA) is 52.1 Å². The molecule has 1 aromatic rings. The van der Waals surface area contributed by atoms with E-state index in [0.717, 1.165) is 19.3 Å². The highest BCUT2D eigenvalue weighted by Crippen LogP contribution is 2.50. The molecule has 1 unspecified atom stereocenters. The van der Waals surface area contributed by atoms with E-state index in [0.29, 0.717) is 11.6 Å². The summed E-state index contributed by atoms with van der Waals surface area (Å²) in [6.07, 6.45) is 10.8. The minimum atomic E-state index is -0.487. The maximum atomic E-state index is 11.4. The van der Waals surface area contributed by atoms with Crippen LogP contribution in [0.2, 0.25) is 0 Å². The van der Waals surface area contributed by atoms with Crippen LogP contribution in [0.25, 0.3) is 0 Å². The van der Waals surface area contributed by atoms with Crippen LogP contribution in [0.15, 0.2) is 35.7 Å². The van der Waals surface area contributed by atoms with Crippen molar-refractivity contribution in [2.75, 3.05) is 7.11 Å². The Kier molecular flexibility index (Phi) is 4.75. The summed E-state index contributed by atoms with van der Waals surface area (Å²) in [7, 11) is 1.33. The average molecular weight is 350 g/mol. The van der Waals surface area contributed by atoms with Gasteiger partial charge in [-0.3, -0.25) is 0 Å². The second-order valence-electron chi connectivity index (χ2n) is 8.22. The highest BCUT2D eigenvalue weighted by Gasteiger charge is 2.37. The standard InChI is InChI=1S/C22H26N2O2/c1-21(2)10-11-22(3,4)18-12-15(7-9-17(18)21)6-8-16-13-24-19(14-23-16)20(25)26-5/h10-11,13-15H,7,9,12H2,1-5H3. The van der Waals surface area contributed by atoms with Crippen molar-refractivity contribution in [3.63, 3.8) is 0 Å². The third-order valence-corrected chi connectivity index (χ3v) is 5.48. The Bertz CT molecular complexity index is 833. The number of ether oxygens (including phenoxy) is 1. The van der Waals surface area contributed by atoms with Gasteiger partial charge in [-0.1, -0.05) is 56.9 Å². The molecule has 3 rings (SSSR count). The van der Waals surface area contributed by atoms with Crippen LogP contribution in [0.4, 0.5) is 0 Å². The van der Waals surface area contributed by atoms with Crippen LogP contribution in [0.5, 0.6) is 0 Å². The largest absolute Gasteiger partial charge is 0.464 e. The molecule has 1 aromatic heterocycles. The molecule has 4 nitrogen and oxygen atoms in total. The van der Waals surface area contributed by atoms with E-state index in [1.807, 2.05) is 0 Å². The summed E-state index contributed by atoms with van der Waals surface area (Å²) in [5, 5.41) is 0. The highest BCUT2D eigenvalue weighted by molar-refractivity contribution is 5.86. The zero-order chi connectivity index (χ0) is 18.9. The molecule has 0 amide bonds. The van der Waals surface area contributed by atoms with Crippen molar-refractivity contribution in [1.29, 1.82) is 0 Å². The van der Waals surface area contributed by atoms with Gasteiger partial charge in [0.15, 0.2) is 5.69 Å². The fraction of sp³-hybridized carbons (Fsp3) is 0.500. The van der Waals surface area contributed by atoms with Crippen LogP contribution in [-0.4, -0.2) is 23.0 Å². The van der Waals surface area contributed by atoms with Crippen LogP contribution >= 0.6 is 0 Å². The van der Waals surface area contributed by atoms with E-state index in [1.165, 1.54) is 19.5 Å². The van der Waals surface area contributed by atoms with Crippen molar-refractivity contribution < 1.29 is 9.53 Å². The number of hydrogen-bond donors (Lipinski definition) is 0. The van der Waals surface area contributed by atoms with E-state index in [2.05, 4.69) is 66.4 Å². The maximum absolute atomic E-state index is 11.4. The Morgan fingerprint density at radius 3 is 2.42 bits per heavy atom. The molecule has 0 saturated carbocycles. The van der Waals surface area contributed by atoms with E-state index in [4.69, 9.17) is 0 Å². The van der Waals surface area contributed by atoms with Gasteiger partial charge in [-0.2, -0.15) is 0 Å². The van der Waals surface area contributed by atoms with Gasteiger partial charge >= 0.3 is 5.97 Å². The van der Waals surface area contributed by atoms with Gasteiger partial charge in [-0.25, -0.2) is 14.8 Å². The third kappa shape index (κ3) is 3.58. The number of esters is 1. The Morgan fingerprint density at radius 2 is 1.81 bits per heavy atom. The first-order chi connectivity index (χ1) is 12.2. The minimum absolute atomic E-state index is 0.104. The van der Waals surface area contributed by atoms with Crippen molar-refractivity contribution in [1.82, 2.24) is 9.97 Å². The first-order valence-corrected chi connectivity index (χ1v) is 9.08. The molecular weight excluding hydrogens is 324 g/mol. The molecule has 0 N–H and O–H groups in total. The zero-order valence-electron chi connectivity index (χ0n) is 16.2. The van der Waals surface area contributed by atoms with E-state index < -0.39 is 5.97 Å². The van der Waals surface area contributed by atoms with Gasteiger partial charge in [0.05, 0.1) is 19.5 Å². The number of carbonyl (C=O) groups is 1. The summed E-state index contributed by atoms with van der Waals surface area (Å²) in [6, 6.07) is 0. The van der Waals surface area contributed by atoms with Gasteiger partial charge in [0.25, 0.3) is 0 Å². The molecular formula is C22H26N2O2. The Labute approximate surface area is 155 Å². The molecule has 136 valence electrons. The Balaban J connectivity index is 1.77. The lowest BCUT2D eigenvalue weighted by Gasteiger charge is -2.43. The van der Waals surface area contributed by atoms with Gasteiger partial charge < -0.3 is 4.74 Å².